The first-order chi connectivity index (χ1) is 15.5. The van der Waals surface area contributed by atoms with Crippen LogP contribution >= 0.6 is 0 Å². The van der Waals surface area contributed by atoms with E-state index in [-0.39, 0.29) is 5.91 Å². The van der Waals surface area contributed by atoms with E-state index >= 15 is 0 Å². The van der Waals surface area contributed by atoms with Crippen molar-refractivity contribution in [3.05, 3.63) is 82.9 Å². The lowest BCUT2D eigenvalue weighted by atomic mass is 10.0. The van der Waals surface area contributed by atoms with Crippen molar-refractivity contribution >= 4 is 16.8 Å². The van der Waals surface area contributed by atoms with Gasteiger partial charge >= 0.3 is 0 Å². The standard InChI is InChI=1S/C26H28N4O2/c1-17-7-5-6-8-21(17)25-18(2)22-13-20(9-10-24(22)30(25)11-12-32-4)14-28-26(31)23-15-27-16-29-19(23)3/h5-10,13,15-16H,11-12,14H2,1-4H3,(H,28,31). The number of hydrogen-bond acceptors (Lipinski definition) is 4. The van der Waals surface area contributed by atoms with Gasteiger partial charge < -0.3 is 14.6 Å². The van der Waals surface area contributed by atoms with E-state index in [1.807, 2.05) is 6.92 Å². The Kier molecular flexibility index (Phi) is 6.32. The van der Waals surface area contributed by atoms with Crippen molar-refractivity contribution in [2.75, 3.05) is 13.7 Å². The first-order valence-corrected chi connectivity index (χ1v) is 10.7. The van der Waals surface area contributed by atoms with Gasteiger partial charge in [-0.2, -0.15) is 0 Å². The second-order valence-electron chi connectivity index (χ2n) is 7.99. The Morgan fingerprint density at radius 1 is 1.12 bits per heavy atom. The van der Waals surface area contributed by atoms with Gasteiger partial charge in [0.15, 0.2) is 0 Å². The van der Waals surface area contributed by atoms with Gasteiger partial charge in [-0.15, -0.1) is 0 Å². The van der Waals surface area contributed by atoms with Gasteiger partial charge in [0.05, 0.1) is 23.6 Å². The first-order valence-electron chi connectivity index (χ1n) is 10.7. The maximum atomic E-state index is 12.6. The smallest absolute Gasteiger partial charge is 0.254 e. The van der Waals surface area contributed by atoms with E-state index in [0.717, 1.165) is 12.1 Å². The Bertz CT molecular complexity index is 1280. The van der Waals surface area contributed by atoms with E-state index < -0.39 is 0 Å². The van der Waals surface area contributed by atoms with Crippen LogP contribution in [0.25, 0.3) is 22.2 Å². The molecule has 0 saturated heterocycles. The molecular formula is C26H28N4O2. The third-order valence-corrected chi connectivity index (χ3v) is 5.91. The molecule has 2 aromatic carbocycles. The fourth-order valence-electron chi connectivity index (χ4n) is 4.17. The van der Waals surface area contributed by atoms with Gasteiger partial charge in [0.25, 0.3) is 5.91 Å². The number of ether oxygens (including phenoxy) is 1. The topological polar surface area (TPSA) is 69.0 Å². The van der Waals surface area contributed by atoms with Gasteiger partial charge in [0.2, 0.25) is 0 Å². The minimum atomic E-state index is -0.168. The van der Waals surface area contributed by atoms with Crippen molar-refractivity contribution in [1.29, 1.82) is 0 Å². The van der Waals surface area contributed by atoms with E-state index in [1.165, 1.54) is 39.6 Å². The fourth-order valence-corrected chi connectivity index (χ4v) is 4.17. The molecule has 0 fully saturated rings. The fraction of sp³-hybridized carbons (Fsp3) is 0.269. The highest BCUT2D eigenvalue weighted by Crippen LogP contribution is 2.35. The van der Waals surface area contributed by atoms with Gasteiger partial charge in [-0.25, -0.2) is 9.97 Å². The summed E-state index contributed by atoms with van der Waals surface area (Å²) in [5, 5.41) is 4.18. The largest absolute Gasteiger partial charge is 0.383 e. The van der Waals surface area contributed by atoms with Crippen molar-refractivity contribution in [2.24, 2.45) is 0 Å². The molecule has 0 radical (unpaired) electrons. The molecule has 0 bridgehead atoms. The number of amides is 1. The predicted molar refractivity (Wildman–Crippen MR) is 127 cm³/mol. The Hall–Kier alpha value is -3.51. The molecule has 0 saturated carbocycles. The lowest BCUT2D eigenvalue weighted by Gasteiger charge is -2.13. The lowest BCUT2D eigenvalue weighted by molar-refractivity contribution is 0.0949. The molecule has 0 atom stereocenters. The molecule has 6 heteroatoms. The number of carbonyl (C=O) groups is 1. The Morgan fingerprint density at radius 2 is 1.94 bits per heavy atom. The number of fused-ring (bicyclic) bond motifs is 1. The molecule has 2 aromatic heterocycles. The van der Waals surface area contributed by atoms with E-state index in [9.17, 15) is 4.79 Å². The maximum Gasteiger partial charge on any atom is 0.254 e. The summed E-state index contributed by atoms with van der Waals surface area (Å²) in [6, 6.07) is 14.8. The van der Waals surface area contributed by atoms with Crippen LogP contribution in [0.5, 0.6) is 0 Å². The summed E-state index contributed by atoms with van der Waals surface area (Å²) in [4.78, 5) is 20.6. The average Bonchev–Trinajstić information content (AvgIpc) is 3.07. The van der Waals surface area contributed by atoms with Crippen molar-refractivity contribution in [3.63, 3.8) is 0 Å². The Balaban J connectivity index is 1.69. The highest BCUT2D eigenvalue weighted by molar-refractivity contribution is 5.95. The quantitative estimate of drug-likeness (QED) is 0.467. The molecular weight excluding hydrogens is 400 g/mol. The monoisotopic (exact) mass is 428 g/mol. The third kappa shape index (κ3) is 4.14. The number of aryl methyl sites for hydroxylation is 3. The average molecular weight is 429 g/mol. The van der Waals surface area contributed by atoms with Crippen LogP contribution in [0.15, 0.2) is 55.0 Å². The van der Waals surface area contributed by atoms with E-state index in [1.54, 1.807) is 13.3 Å². The summed E-state index contributed by atoms with van der Waals surface area (Å²) in [5.41, 5.74) is 8.29. The predicted octanol–water partition coefficient (Wildman–Crippen LogP) is 4.60. The molecule has 0 spiro atoms. The van der Waals surface area contributed by atoms with Gasteiger partial charge in [-0.3, -0.25) is 4.79 Å². The zero-order valence-electron chi connectivity index (χ0n) is 19.0. The first kappa shape index (κ1) is 21.7. The van der Waals surface area contributed by atoms with Crippen molar-refractivity contribution < 1.29 is 9.53 Å². The number of rotatable bonds is 7. The summed E-state index contributed by atoms with van der Waals surface area (Å²) in [5.74, 6) is -0.168. The number of nitrogens with one attached hydrogen (secondary N) is 1. The molecule has 0 unspecified atom stereocenters. The molecule has 4 aromatic rings. The number of carbonyl (C=O) groups excluding carboxylic acids is 1. The number of aromatic nitrogens is 3. The summed E-state index contributed by atoms with van der Waals surface area (Å²) < 4.78 is 7.72. The molecule has 0 aliphatic carbocycles. The van der Waals surface area contributed by atoms with Crippen LogP contribution < -0.4 is 5.32 Å². The van der Waals surface area contributed by atoms with Crippen molar-refractivity contribution in [1.82, 2.24) is 19.9 Å². The zero-order chi connectivity index (χ0) is 22.7. The second-order valence-corrected chi connectivity index (χ2v) is 7.99. The van der Waals surface area contributed by atoms with Crippen molar-refractivity contribution in [2.45, 2.75) is 33.9 Å². The molecule has 2 heterocycles. The molecule has 1 N–H and O–H groups in total. The minimum absolute atomic E-state index is 0.168. The molecule has 164 valence electrons. The van der Waals surface area contributed by atoms with E-state index in [4.69, 9.17) is 4.74 Å². The number of nitrogens with zero attached hydrogens (tertiary/aromatic N) is 3. The lowest BCUT2D eigenvalue weighted by Crippen LogP contribution is -2.24. The van der Waals surface area contributed by atoms with Crippen LogP contribution in [0.1, 0.15) is 32.7 Å². The Morgan fingerprint density at radius 3 is 2.69 bits per heavy atom. The summed E-state index contributed by atoms with van der Waals surface area (Å²) >= 11 is 0. The number of hydrogen-bond donors (Lipinski definition) is 1. The normalized spacial score (nSPS) is 11.1. The van der Waals surface area contributed by atoms with Gasteiger partial charge in [0.1, 0.15) is 6.33 Å². The summed E-state index contributed by atoms with van der Waals surface area (Å²) in [6.07, 6.45) is 3.00. The van der Waals surface area contributed by atoms with Crippen LogP contribution in [0.2, 0.25) is 0 Å². The third-order valence-electron chi connectivity index (χ3n) is 5.91. The molecule has 1 amide bonds. The van der Waals surface area contributed by atoms with Crippen LogP contribution in [0.3, 0.4) is 0 Å². The second kappa shape index (κ2) is 9.32. The van der Waals surface area contributed by atoms with Crippen LogP contribution in [0.4, 0.5) is 0 Å². The molecule has 6 nitrogen and oxygen atoms in total. The van der Waals surface area contributed by atoms with Gasteiger partial charge in [-0.05, 0) is 49.6 Å². The molecule has 4 rings (SSSR count). The minimum Gasteiger partial charge on any atom is -0.383 e. The van der Waals surface area contributed by atoms with Crippen LogP contribution in [-0.2, 0) is 17.8 Å². The molecule has 32 heavy (non-hydrogen) atoms. The summed E-state index contributed by atoms with van der Waals surface area (Å²) in [6.45, 7) is 7.96. The van der Waals surface area contributed by atoms with Crippen LogP contribution in [-0.4, -0.2) is 34.2 Å². The van der Waals surface area contributed by atoms with Gasteiger partial charge in [-0.1, -0.05) is 30.3 Å². The summed E-state index contributed by atoms with van der Waals surface area (Å²) in [7, 11) is 1.73. The SMILES string of the molecule is COCCn1c(-c2ccccc2C)c(C)c2cc(CNC(=O)c3cncnc3C)ccc21. The highest BCUT2D eigenvalue weighted by Gasteiger charge is 2.18. The highest BCUT2D eigenvalue weighted by atomic mass is 16.5. The maximum absolute atomic E-state index is 12.6. The molecule has 0 aliphatic heterocycles. The molecule has 0 aliphatic rings. The van der Waals surface area contributed by atoms with E-state index in [2.05, 4.69) is 76.2 Å². The zero-order valence-corrected chi connectivity index (χ0v) is 19.0. The van der Waals surface area contributed by atoms with Gasteiger partial charge in [0, 0.05) is 42.9 Å². The van der Waals surface area contributed by atoms with E-state index in [0.29, 0.717) is 24.4 Å². The number of benzene rings is 2. The number of methoxy groups -OCH3 is 1. The van der Waals surface area contributed by atoms with Crippen molar-refractivity contribution in [3.8, 4) is 11.3 Å². The van der Waals surface area contributed by atoms with Crippen LogP contribution in [0, 0.1) is 20.8 Å². The Labute approximate surface area is 188 Å².